The van der Waals surface area contributed by atoms with E-state index in [4.69, 9.17) is 28.9 Å². The van der Waals surface area contributed by atoms with Crippen molar-refractivity contribution in [2.45, 2.75) is 154 Å². The Morgan fingerprint density at radius 1 is 0.720 bits per heavy atom. The van der Waals surface area contributed by atoms with Gasteiger partial charge in [0.25, 0.3) is 0 Å². The maximum Gasteiger partial charge on any atom is 0.407 e. The number of imidazole rings is 2. The molecule has 404 valence electrons. The summed E-state index contributed by atoms with van der Waals surface area (Å²) in [5.41, 5.74) is 7.28. The van der Waals surface area contributed by atoms with Gasteiger partial charge in [-0.2, -0.15) is 0 Å². The first kappa shape index (κ1) is 54.8. The number of H-pyrrole nitrogens is 2. The normalized spacial score (nSPS) is 23.7. The molecule has 5 heterocycles. The van der Waals surface area contributed by atoms with E-state index in [0.29, 0.717) is 32.1 Å². The predicted molar refractivity (Wildman–Crippen MR) is 288 cm³/mol. The van der Waals surface area contributed by atoms with Crippen molar-refractivity contribution in [2.24, 2.45) is 11.8 Å². The van der Waals surface area contributed by atoms with Crippen LogP contribution in [0.25, 0.3) is 11.3 Å². The Morgan fingerprint density at radius 3 is 1.75 bits per heavy atom. The number of aromatic nitrogens is 4. The van der Waals surface area contributed by atoms with Crippen molar-refractivity contribution in [3.63, 3.8) is 0 Å². The maximum atomic E-state index is 13.9. The van der Waals surface area contributed by atoms with Gasteiger partial charge in [0.1, 0.15) is 35.9 Å². The van der Waals surface area contributed by atoms with Crippen LogP contribution >= 0.6 is 0 Å². The van der Waals surface area contributed by atoms with Crippen molar-refractivity contribution < 1.29 is 38.1 Å². The molecule has 2 aromatic carbocycles. The Hall–Kier alpha value is -6.46. The number of methoxy groups -OCH3 is 2. The average Bonchev–Trinajstić information content (AvgIpc) is 4.28. The third kappa shape index (κ3) is 11.7. The molecule has 0 bridgehead atoms. The van der Waals surface area contributed by atoms with Crippen molar-refractivity contribution in [3.05, 3.63) is 113 Å². The lowest BCUT2D eigenvalue weighted by Crippen LogP contribution is -2.51. The van der Waals surface area contributed by atoms with Crippen LogP contribution in [-0.4, -0.2) is 125 Å². The van der Waals surface area contributed by atoms with Crippen LogP contribution in [0.5, 0.6) is 0 Å². The lowest BCUT2D eigenvalue weighted by Gasteiger charge is -2.36. The molecule has 0 saturated carbocycles. The predicted octanol–water partition coefficient (Wildman–Crippen LogP) is 9.60. The maximum absolute atomic E-state index is 13.9. The van der Waals surface area contributed by atoms with Gasteiger partial charge in [-0.15, -0.1) is 0 Å². The van der Waals surface area contributed by atoms with Gasteiger partial charge >= 0.3 is 12.2 Å². The smallest absolute Gasteiger partial charge is 0.407 e. The SMILES string of the molecule is CCO[C@H]1[C@H](OCC)[C@H](c2ccc(-c3cnc([C@@H]4CCCN4C(=O)[C@@H](NC(=O)OC)C(C)C)[nH]3)cc2)N(c2ccc(C(C)(C)C)cc2)[C@H]1C1=CCC(c2cnc([C@@H]3CCCN3C(=O)[C@@H](NC(=O)OC)C(C)C)[nH]2)C=C1. The van der Waals surface area contributed by atoms with Gasteiger partial charge in [-0.3, -0.25) is 9.59 Å². The molecule has 3 aliphatic heterocycles. The van der Waals surface area contributed by atoms with Crippen LogP contribution in [0, 0.1) is 11.8 Å². The number of allylic oxidation sites excluding steroid dienone is 2. The fourth-order valence-corrected chi connectivity index (χ4v) is 11.5. The van der Waals surface area contributed by atoms with E-state index in [2.05, 4.69) is 113 Å². The second kappa shape index (κ2) is 23.6. The minimum Gasteiger partial charge on any atom is -0.453 e. The number of hydrogen-bond acceptors (Lipinski definition) is 11. The number of ether oxygens (including phenoxy) is 4. The van der Waals surface area contributed by atoms with Gasteiger partial charge in [-0.05, 0) is 97.6 Å². The monoisotopic (exact) mass is 1030 g/mol. The molecule has 17 heteroatoms. The first-order chi connectivity index (χ1) is 36.0. The van der Waals surface area contributed by atoms with E-state index < -0.39 is 24.3 Å². The average molecular weight is 1030 g/mol. The Balaban J connectivity index is 1.07. The van der Waals surface area contributed by atoms with Crippen LogP contribution in [0.2, 0.25) is 0 Å². The molecular formula is C58H79N9O8. The molecule has 3 saturated heterocycles. The highest BCUT2D eigenvalue weighted by atomic mass is 16.5. The molecule has 75 heavy (non-hydrogen) atoms. The van der Waals surface area contributed by atoms with Crippen molar-refractivity contribution in [3.8, 4) is 11.3 Å². The topological polar surface area (TPSA) is 196 Å². The number of anilines is 1. The Morgan fingerprint density at radius 2 is 1.25 bits per heavy atom. The lowest BCUT2D eigenvalue weighted by atomic mass is 9.87. The largest absolute Gasteiger partial charge is 0.453 e. The second-order valence-corrected chi connectivity index (χ2v) is 22.0. The highest BCUT2D eigenvalue weighted by molar-refractivity contribution is 5.87. The summed E-state index contributed by atoms with van der Waals surface area (Å²) in [6.45, 7) is 20.6. The van der Waals surface area contributed by atoms with Gasteiger partial charge in [0, 0.05) is 49.8 Å². The highest BCUT2D eigenvalue weighted by Gasteiger charge is 2.52. The molecule has 8 rings (SSSR count). The standard InChI is InChI=1S/C58H79N9O8/c1-12-74-50-48(38-22-18-36(19-23-38)42-32-59-52(61-42)44-16-14-30-65(44)54(68)46(34(3)4)63-56(70)72-10)67(41-28-26-40(27-29-41)58(7,8)9)49(51(50)75-13-2)39-24-20-37(21-25-39)43-33-60-53(62-43)45-17-15-31-66(45)55(69)47(35(5)6)64-57(71)73-11/h18-20,22-29,32-35,37,44-51H,12-17,21,30-31H2,1-11H3,(H,59,61)(H,60,62)(H,63,70)(H,64,71)/t37?,44-,45-,46-,47-,48-,49-,50+,51+/m0/s1. The molecule has 4 amide bonds. The van der Waals surface area contributed by atoms with Crippen molar-refractivity contribution in [1.82, 2.24) is 40.4 Å². The number of nitrogens with one attached hydrogen (secondary N) is 4. The molecule has 0 radical (unpaired) electrons. The Labute approximate surface area is 442 Å². The molecule has 1 aliphatic carbocycles. The van der Waals surface area contributed by atoms with E-state index in [1.165, 1.54) is 19.8 Å². The molecule has 4 aromatic rings. The molecule has 4 N–H and O–H groups in total. The summed E-state index contributed by atoms with van der Waals surface area (Å²) in [5, 5.41) is 5.48. The number of aromatic amines is 2. The molecule has 17 nitrogen and oxygen atoms in total. The summed E-state index contributed by atoms with van der Waals surface area (Å²) < 4.78 is 23.3. The van der Waals surface area contributed by atoms with E-state index in [9.17, 15) is 19.2 Å². The third-order valence-electron chi connectivity index (χ3n) is 15.4. The van der Waals surface area contributed by atoms with E-state index in [-0.39, 0.29) is 71.4 Å². The summed E-state index contributed by atoms with van der Waals surface area (Å²) in [6, 6.07) is 15.2. The molecule has 1 unspecified atom stereocenters. The number of benzene rings is 2. The second-order valence-electron chi connectivity index (χ2n) is 22.0. The Kier molecular flexibility index (Phi) is 17.2. The fraction of sp³-hybridized carbons (Fsp3) is 0.552. The lowest BCUT2D eigenvalue weighted by molar-refractivity contribution is -0.136. The number of nitrogens with zero attached hydrogens (tertiary/aromatic N) is 5. The summed E-state index contributed by atoms with van der Waals surface area (Å²) in [4.78, 5) is 75.1. The minimum atomic E-state index is -0.717. The van der Waals surface area contributed by atoms with Gasteiger partial charge in [0.15, 0.2) is 0 Å². The Bertz CT molecular complexity index is 2670. The summed E-state index contributed by atoms with van der Waals surface area (Å²) >= 11 is 0. The molecule has 4 aliphatic rings. The summed E-state index contributed by atoms with van der Waals surface area (Å²) in [7, 11) is 2.60. The number of alkyl carbamates (subject to hydrolysis) is 2. The van der Waals surface area contributed by atoms with E-state index >= 15 is 0 Å². The van der Waals surface area contributed by atoms with E-state index in [0.717, 1.165) is 71.7 Å². The number of carbonyl (C=O) groups excluding carboxylic acids is 4. The number of hydrogen-bond donors (Lipinski definition) is 4. The van der Waals surface area contributed by atoms with Gasteiger partial charge in [-0.25, -0.2) is 19.6 Å². The zero-order chi connectivity index (χ0) is 53.7. The van der Waals surface area contributed by atoms with Crippen LogP contribution in [-0.2, 0) is 34.0 Å². The highest BCUT2D eigenvalue weighted by Crippen LogP contribution is 2.48. The number of likely N-dealkylation sites (tertiary alicyclic amines) is 2. The van der Waals surface area contributed by atoms with Gasteiger partial charge in [0.2, 0.25) is 11.8 Å². The summed E-state index contributed by atoms with van der Waals surface area (Å²) in [6.07, 6.45) is 12.6. The third-order valence-corrected chi connectivity index (χ3v) is 15.4. The van der Waals surface area contributed by atoms with Crippen molar-refractivity contribution in [1.29, 1.82) is 0 Å². The van der Waals surface area contributed by atoms with Crippen molar-refractivity contribution in [2.75, 3.05) is 45.4 Å². The molecule has 9 atom stereocenters. The van der Waals surface area contributed by atoms with E-state index in [1.807, 2.05) is 63.7 Å². The van der Waals surface area contributed by atoms with Crippen LogP contribution < -0.4 is 15.5 Å². The molecular weight excluding hydrogens is 951 g/mol. The van der Waals surface area contributed by atoms with Gasteiger partial charge in [0.05, 0.1) is 50.3 Å². The van der Waals surface area contributed by atoms with Crippen LogP contribution in [0.4, 0.5) is 15.3 Å². The van der Waals surface area contributed by atoms with Crippen molar-refractivity contribution >= 4 is 29.7 Å². The molecule has 0 spiro atoms. The van der Waals surface area contributed by atoms with Gasteiger partial charge in [-0.1, -0.05) is 103 Å². The molecule has 2 aromatic heterocycles. The number of rotatable bonds is 17. The van der Waals surface area contributed by atoms with Gasteiger partial charge < -0.3 is 54.2 Å². The first-order valence-electron chi connectivity index (χ1n) is 27.0. The number of amides is 4. The minimum absolute atomic E-state index is 0.0308. The summed E-state index contributed by atoms with van der Waals surface area (Å²) in [5.74, 6) is 0.946. The zero-order valence-electron chi connectivity index (χ0n) is 45.7. The quantitative estimate of drug-likeness (QED) is 0.0786. The number of carbonyl (C=O) groups is 4. The van der Waals surface area contributed by atoms with Crippen LogP contribution in [0.1, 0.15) is 147 Å². The van der Waals surface area contributed by atoms with E-state index in [1.54, 1.807) is 0 Å². The fourth-order valence-electron chi connectivity index (χ4n) is 11.5. The first-order valence-corrected chi connectivity index (χ1v) is 27.0. The zero-order valence-corrected chi connectivity index (χ0v) is 45.7. The molecule has 3 fully saturated rings. The van der Waals surface area contributed by atoms with Crippen LogP contribution in [0.3, 0.4) is 0 Å². The van der Waals surface area contributed by atoms with Crippen LogP contribution in [0.15, 0.2) is 84.7 Å².